The van der Waals surface area contributed by atoms with E-state index >= 15 is 0 Å². The molecule has 0 aliphatic carbocycles. The van der Waals surface area contributed by atoms with Crippen LogP contribution in [-0.4, -0.2) is 81.7 Å². The summed E-state index contributed by atoms with van der Waals surface area (Å²) < 4.78 is 0. The van der Waals surface area contributed by atoms with Gasteiger partial charge < -0.3 is 36.9 Å². The van der Waals surface area contributed by atoms with Gasteiger partial charge in [0.1, 0.15) is 18.1 Å². The van der Waals surface area contributed by atoms with Crippen LogP contribution in [0.2, 0.25) is 0 Å². The largest absolute Gasteiger partial charge is 0.480 e. The monoisotopic (exact) mass is 569 g/mol. The number of carboxylic acids is 1. The Balaban J connectivity index is 1.81. The minimum Gasteiger partial charge on any atom is -0.480 e. The zero-order valence-corrected chi connectivity index (χ0v) is 22.9. The number of H-pyrrole nitrogens is 1. The van der Waals surface area contributed by atoms with E-state index in [2.05, 4.69) is 20.9 Å². The van der Waals surface area contributed by atoms with E-state index in [1.54, 1.807) is 6.20 Å². The number of carboxylic acid groups (broad SMARTS) is 1. The maximum atomic E-state index is 13.6. The fraction of sp³-hybridized carbons (Fsp3) is 0.357. The van der Waals surface area contributed by atoms with Crippen LogP contribution in [0, 0.1) is 0 Å². The number of hydrogen-bond donors (Lipinski definition) is 7. The van der Waals surface area contributed by atoms with Crippen LogP contribution in [0.15, 0.2) is 60.8 Å². The summed E-state index contributed by atoms with van der Waals surface area (Å²) in [5.41, 5.74) is 8.70. The number of aliphatic hydroxyl groups is 1. The number of aliphatic hydroxyl groups excluding tert-OH is 1. The Morgan fingerprint density at radius 3 is 2.17 bits per heavy atom. The summed E-state index contributed by atoms with van der Waals surface area (Å²) in [6.45, 7) is -0.803. The number of carbonyl (C=O) groups excluding carboxylic acids is 3. The lowest BCUT2D eigenvalue weighted by molar-refractivity contribution is -0.143. The molecule has 0 radical (unpaired) electrons. The summed E-state index contributed by atoms with van der Waals surface area (Å²) in [6, 6.07) is 12.2. The number of nitrogens with two attached hydrogens (primary N) is 1. The van der Waals surface area contributed by atoms with E-state index < -0.39 is 54.5 Å². The minimum atomic E-state index is -1.51. The van der Waals surface area contributed by atoms with E-state index in [0.717, 1.165) is 22.0 Å². The van der Waals surface area contributed by atoms with Gasteiger partial charge >= 0.3 is 5.97 Å². The second kappa shape index (κ2) is 15.1. The number of nitrogens with one attached hydrogen (secondary N) is 4. The molecule has 214 valence electrons. The van der Waals surface area contributed by atoms with Crippen molar-refractivity contribution in [1.82, 2.24) is 20.9 Å². The van der Waals surface area contributed by atoms with Crippen molar-refractivity contribution in [2.75, 3.05) is 18.6 Å². The third-order valence-corrected chi connectivity index (χ3v) is 7.05. The lowest BCUT2D eigenvalue weighted by Crippen LogP contribution is -2.58. The predicted molar refractivity (Wildman–Crippen MR) is 154 cm³/mol. The number of thioether (sulfide) groups is 1. The molecule has 12 heteroatoms. The molecular weight excluding hydrogens is 534 g/mol. The van der Waals surface area contributed by atoms with Crippen LogP contribution in [-0.2, 0) is 32.0 Å². The fourth-order valence-electron chi connectivity index (χ4n) is 4.20. The highest BCUT2D eigenvalue weighted by Crippen LogP contribution is 2.19. The minimum absolute atomic E-state index is 0.116. The summed E-state index contributed by atoms with van der Waals surface area (Å²) in [5.74, 6) is -2.80. The Morgan fingerprint density at radius 2 is 1.50 bits per heavy atom. The lowest BCUT2D eigenvalue weighted by Gasteiger charge is -2.25. The molecule has 1 aromatic heterocycles. The topological polar surface area (TPSA) is 187 Å². The Bertz CT molecular complexity index is 1300. The van der Waals surface area contributed by atoms with E-state index in [-0.39, 0.29) is 19.3 Å². The van der Waals surface area contributed by atoms with Crippen LogP contribution in [0.25, 0.3) is 10.9 Å². The van der Waals surface area contributed by atoms with Gasteiger partial charge in [0.2, 0.25) is 17.7 Å². The number of benzene rings is 2. The quantitative estimate of drug-likeness (QED) is 0.138. The summed E-state index contributed by atoms with van der Waals surface area (Å²) in [5, 5.41) is 27.1. The molecule has 0 aliphatic rings. The summed E-state index contributed by atoms with van der Waals surface area (Å²) in [7, 11) is 0. The van der Waals surface area contributed by atoms with Gasteiger partial charge in [-0.25, -0.2) is 4.79 Å². The first-order valence-electron chi connectivity index (χ1n) is 12.8. The average Bonchev–Trinajstić information content (AvgIpc) is 3.36. The van der Waals surface area contributed by atoms with Crippen LogP contribution in [0.4, 0.5) is 0 Å². The highest BCUT2D eigenvalue weighted by molar-refractivity contribution is 7.98. The van der Waals surface area contributed by atoms with Crippen molar-refractivity contribution in [3.05, 3.63) is 71.9 Å². The van der Waals surface area contributed by atoms with E-state index in [9.17, 15) is 29.4 Å². The first kappa shape index (κ1) is 30.7. The van der Waals surface area contributed by atoms with Crippen LogP contribution in [0.1, 0.15) is 17.5 Å². The standard InChI is InChI=1S/C28H35N5O6S/c1-40-12-11-22(26(36)33-24(16-34)28(38)39)31-27(37)23(14-18-15-30-21-10-6-5-9-19(18)21)32-25(35)20(29)13-17-7-3-2-4-8-17/h2-10,15,20,22-24,30,34H,11-14,16,29H2,1H3,(H,31,37)(H,32,35)(H,33,36)(H,38,39). The van der Waals surface area contributed by atoms with Gasteiger partial charge in [-0.2, -0.15) is 11.8 Å². The molecule has 40 heavy (non-hydrogen) atoms. The van der Waals surface area contributed by atoms with Gasteiger partial charge in [0.05, 0.1) is 12.6 Å². The van der Waals surface area contributed by atoms with Gasteiger partial charge in [0.25, 0.3) is 0 Å². The van der Waals surface area contributed by atoms with Crippen LogP contribution in [0.5, 0.6) is 0 Å². The number of hydrogen-bond acceptors (Lipinski definition) is 7. The molecule has 0 spiro atoms. The van der Waals surface area contributed by atoms with Crippen molar-refractivity contribution in [3.63, 3.8) is 0 Å². The molecule has 3 amide bonds. The van der Waals surface area contributed by atoms with E-state index in [0.29, 0.717) is 5.75 Å². The highest BCUT2D eigenvalue weighted by Gasteiger charge is 2.30. The molecule has 4 unspecified atom stereocenters. The number of rotatable bonds is 15. The Morgan fingerprint density at radius 1 is 0.875 bits per heavy atom. The summed E-state index contributed by atoms with van der Waals surface area (Å²) in [4.78, 5) is 54.0. The number of fused-ring (bicyclic) bond motifs is 1. The van der Waals surface area contributed by atoms with E-state index in [1.807, 2.05) is 60.9 Å². The second-order valence-corrected chi connectivity index (χ2v) is 10.3. The second-order valence-electron chi connectivity index (χ2n) is 9.35. The molecule has 0 bridgehead atoms. The highest BCUT2D eigenvalue weighted by atomic mass is 32.2. The van der Waals surface area contributed by atoms with Gasteiger partial charge in [0, 0.05) is 23.5 Å². The maximum absolute atomic E-state index is 13.6. The number of aliphatic carboxylic acids is 1. The molecule has 0 saturated heterocycles. The summed E-state index contributed by atoms with van der Waals surface area (Å²) >= 11 is 1.45. The summed E-state index contributed by atoms with van der Waals surface area (Å²) in [6.07, 6.45) is 4.18. The number of aromatic amines is 1. The third-order valence-electron chi connectivity index (χ3n) is 6.41. The zero-order chi connectivity index (χ0) is 29.1. The van der Waals surface area contributed by atoms with E-state index in [4.69, 9.17) is 5.73 Å². The molecule has 11 nitrogen and oxygen atoms in total. The molecule has 0 saturated carbocycles. The van der Waals surface area contributed by atoms with Crippen molar-refractivity contribution < 1.29 is 29.4 Å². The van der Waals surface area contributed by atoms with Gasteiger partial charge in [-0.1, -0.05) is 48.5 Å². The fourth-order valence-corrected chi connectivity index (χ4v) is 4.68. The molecule has 0 aliphatic heterocycles. The number of carbonyl (C=O) groups is 4. The van der Waals surface area contributed by atoms with E-state index in [1.165, 1.54) is 11.8 Å². The SMILES string of the molecule is CSCCC(NC(=O)C(Cc1c[nH]c2ccccc12)NC(=O)C(N)Cc1ccccc1)C(=O)NC(CO)C(=O)O. The predicted octanol–water partition coefficient (Wildman–Crippen LogP) is 0.565. The number of para-hydroxylation sites is 1. The van der Waals surface area contributed by atoms with Gasteiger partial charge in [0.15, 0.2) is 0 Å². The molecule has 3 rings (SSSR count). The first-order chi connectivity index (χ1) is 19.2. The van der Waals surface area contributed by atoms with Crippen molar-refractivity contribution in [1.29, 1.82) is 0 Å². The Labute approximate surface area is 236 Å². The van der Waals surface area contributed by atoms with Crippen LogP contribution >= 0.6 is 11.8 Å². The van der Waals surface area contributed by atoms with Gasteiger partial charge in [-0.05, 0) is 42.0 Å². The van der Waals surface area contributed by atoms with Gasteiger partial charge in [-0.15, -0.1) is 0 Å². The molecule has 4 atom stereocenters. The molecule has 0 fully saturated rings. The van der Waals surface area contributed by atoms with Crippen molar-refractivity contribution >= 4 is 46.4 Å². The molecule has 2 aromatic carbocycles. The molecule has 1 heterocycles. The normalized spacial score (nSPS) is 14.1. The molecule has 3 aromatic rings. The molecule has 8 N–H and O–H groups in total. The van der Waals surface area contributed by atoms with Crippen molar-refractivity contribution in [3.8, 4) is 0 Å². The third kappa shape index (κ3) is 8.57. The van der Waals surface area contributed by atoms with Crippen molar-refractivity contribution in [2.45, 2.75) is 43.4 Å². The first-order valence-corrected chi connectivity index (χ1v) is 14.2. The molecular formula is C28H35N5O6S. The Kier molecular flexibility index (Phi) is 11.5. The Hall–Kier alpha value is -3.87. The lowest BCUT2D eigenvalue weighted by atomic mass is 10.0. The van der Waals surface area contributed by atoms with Gasteiger partial charge in [-0.3, -0.25) is 14.4 Å². The number of amides is 3. The van der Waals surface area contributed by atoms with Crippen LogP contribution in [0.3, 0.4) is 0 Å². The maximum Gasteiger partial charge on any atom is 0.328 e. The smallest absolute Gasteiger partial charge is 0.328 e. The number of aromatic nitrogens is 1. The van der Waals surface area contributed by atoms with Crippen molar-refractivity contribution in [2.24, 2.45) is 5.73 Å². The van der Waals surface area contributed by atoms with Crippen LogP contribution < -0.4 is 21.7 Å². The zero-order valence-electron chi connectivity index (χ0n) is 22.1. The average molecular weight is 570 g/mol.